The molecule has 0 N–H and O–H groups in total. The fraction of sp³-hybridized carbons (Fsp3) is 0.833. The molecule has 1 aliphatic rings. The highest BCUT2D eigenvalue weighted by molar-refractivity contribution is 4.94. The lowest BCUT2D eigenvalue weighted by Gasteiger charge is -2.09. The average Bonchev–Trinajstić information content (AvgIpc) is 2.14. The van der Waals surface area contributed by atoms with Crippen molar-refractivity contribution in [3.8, 4) is 6.07 Å². The first kappa shape index (κ1) is 5.58. The zero-order chi connectivity index (χ0) is 5.98. The number of likely N-dealkylation sites (tertiary alicyclic amines) is 1. The molecule has 1 rings (SSSR count). The third-order valence-corrected chi connectivity index (χ3v) is 1.67. The number of hydrogen-bond donors (Lipinski definition) is 0. The summed E-state index contributed by atoms with van der Waals surface area (Å²) in [6.07, 6.45) is 2.25. The Morgan fingerprint density at radius 1 is 1.75 bits per heavy atom. The van der Waals surface area contributed by atoms with Crippen molar-refractivity contribution in [2.75, 3.05) is 13.6 Å². The van der Waals surface area contributed by atoms with Gasteiger partial charge in [-0.2, -0.15) is 5.26 Å². The minimum absolute atomic E-state index is 0.204. The Morgan fingerprint density at radius 2 is 2.50 bits per heavy atom. The van der Waals surface area contributed by atoms with E-state index >= 15 is 0 Å². The summed E-state index contributed by atoms with van der Waals surface area (Å²) in [5.41, 5.74) is 0. The molecule has 0 radical (unpaired) electrons. The molecule has 44 valence electrons. The van der Waals surface area contributed by atoms with Gasteiger partial charge in [0.2, 0.25) is 0 Å². The molecule has 0 amide bonds. The van der Waals surface area contributed by atoms with Crippen molar-refractivity contribution in [2.45, 2.75) is 18.9 Å². The molecule has 8 heavy (non-hydrogen) atoms. The van der Waals surface area contributed by atoms with Crippen molar-refractivity contribution in [1.29, 1.82) is 5.26 Å². The molecule has 0 aliphatic carbocycles. The largest absolute Gasteiger partial charge is 0.291 e. The summed E-state index contributed by atoms with van der Waals surface area (Å²) in [6, 6.07) is 2.44. The fourth-order valence-corrected chi connectivity index (χ4v) is 1.07. The molecule has 0 aromatic carbocycles. The molecule has 1 atom stereocenters. The molecule has 0 saturated carbocycles. The van der Waals surface area contributed by atoms with E-state index < -0.39 is 0 Å². The summed E-state index contributed by atoms with van der Waals surface area (Å²) in [5, 5.41) is 8.44. The van der Waals surface area contributed by atoms with Crippen molar-refractivity contribution in [2.24, 2.45) is 0 Å². The number of hydrogen-bond acceptors (Lipinski definition) is 2. The van der Waals surface area contributed by atoms with Crippen LogP contribution in [0.1, 0.15) is 12.8 Å². The molecular weight excluding hydrogens is 100 g/mol. The van der Waals surface area contributed by atoms with Gasteiger partial charge in [0.25, 0.3) is 0 Å². The Bertz CT molecular complexity index is 114. The fourth-order valence-electron chi connectivity index (χ4n) is 1.07. The Kier molecular flexibility index (Phi) is 1.50. The first-order chi connectivity index (χ1) is 3.84. The van der Waals surface area contributed by atoms with Crippen molar-refractivity contribution in [3.63, 3.8) is 0 Å². The Hall–Kier alpha value is -0.550. The summed E-state index contributed by atoms with van der Waals surface area (Å²) in [4.78, 5) is 2.10. The van der Waals surface area contributed by atoms with Crippen LogP contribution in [0.15, 0.2) is 0 Å². The molecule has 0 spiro atoms. The Labute approximate surface area is 49.7 Å². The van der Waals surface area contributed by atoms with E-state index in [0.717, 1.165) is 13.0 Å². The van der Waals surface area contributed by atoms with Crippen molar-refractivity contribution >= 4 is 0 Å². The highest BCUT2D eigenvalue weighted by atomic mass is 15.1. The summed E-state index contributed by atoms with van der Waals surface area (Å²) in [6.45, 7) is 1.10. The monoisotopic (exact) mass is 110 g/mol. The van der Waals surface area contributed by atoms with E-state index in [-0.39, 0.29) is 6.04 Å². The molecule has 0 unspecified atom stereocenters. The minimum atomic E-state index is 0.204. The molecule has 2 nitrogen and oxygen atoms in total. The van der Waals surface area contributed by atoms with Crippen molar-refractivity contribution in [3.05, 3.63) is 0 Å². The van der Waals surface area contributed by atoms with Gasteiger partial charge in [0, 0.05) is 0 Å². The Morgan fingerprint density at radius 3 is 2.75 bits per heavy atom. The van der Waals surface area contributed by atoms with Gasteiger partial charge in [-0.15, -0.1) is 0 Å². The maximum absolute atomic E-state index is 8.44. The zero-order valence-electron chi connectivity index (χ0n) is 5.09. The lowest BCUT2D eigenvalue weighted by Crippen LogP contribution is -2.22. The first-order valence-corrected chi connectivity index (χ1v) is 2.94. The van der Waals surface area contributed by atoms with Gasteiger partial charge >= 0.3 is 0 Å². The number of nitriles is 1. The van der Waals surface area contributed by atoms with Crippen LogP contribution in [0.5, 0.6) is 0 Å². The maximum atomic E-state index is 8.44. The van der Waals surface area contributed by atoms with E-state index in [0.29, 0.717) is 0 Å². The predicted octanol–water partition coefficient (Wildman–Crippen LogP) is 0.604. The molecule has 2 heteroatoms. The van der Waals surface area contributed by atoms with E-state index in [1.165, 1.54) is 6.42 Å². The summed E-state index contributed by atoms with van der Waals surface area (Å²) in [7, 11) is 2.00. The molecule has 0 aromatic rings. The van der Waals surface area contributed by atoms with Crippen LogP contribution < -0.4 is 0 Å². The first-order valence-electron chi connectivity index (χ1n) is 2.94. The van der Waals surface area contributed by atoms with Crippen LogP contribution in [-0.2, 0) is 0 Å². The van der Waals surface area contributed by atoms with Crippen LogP contribution in [0.3, 0.4) is 0 Å². The van der Waals surface area contributed by atoms with Crippen LogP contribution in [0.2, 0.25) is 0 Å². The quantitative estimate of drug-likeness (QED) is 0.456. The highest BCUT2D eigenvalue weighted by Gasteiger charge is 2.18. The van der Waals surface area contributed by atoms with Gasteiger partial charge < -0.3 is 0 Å². The second-order valence-corrected chi connectivity index (χ2v) is 2.27. The number of rotatable bonds is 0. The predicted molar refractivity (Wildman–Crippen MR) is 31.3 cm³/mol. The van der Waals surface area contributed by atoms with E-state index in [1.807, 2.05) is 7.05 Å². The third-order valence-electron chi connectivity index (χ3n) is 1.67. The van der Waals surface area contributed by atoms with Gasteiger partial charge in [0.15, 0.2) is 0 Å². The van der Waals surface area contributed by atoms with Gasteiger partial charge in [-0.3, -0.25) is 4.90 Å². The van der Waals surface area contributed by atoms with Gasteiger partial charge in [0.1, 0.15) is 0 Å². The van der Waals surface area contributed by atoms with Crippen LogP contribution in [0, 0.1) is 11.3 Å². The van der Waals surface area contributed by atoms with Crippen LogP contribution in [0.25, 0.3) is 0 Å². The van der Waals surface area contributed by atoms with Gasteiger partial charge in [-0.1, -0.05) is 0 Å². The summed E-state index contributed by atoms with van der Waals surface area (Å²) < 4.78 is 0. The molecule has 1 saturated heterocycles. The topological polar surface area (TPSA) is 27.0 Å². The van der Waals surface area contributed by atoms with E-state index in [2.05, 4.69) is 11.0 Å². The second-order valence-electron chi connectivity index (χ2n) is 2.27. The standard InChI is InChI=1S/C6H10N2/c1-8-4-2-3-6(8)5-7/h6H,2-4H2,1H3/t6-/m1/s1. The molecular formula is C6H10N2. The van der Waals surface area contributed by atoms with Crippen LogP contribution in [-0.4, -0.2) is 24.5 Å². The lowest BCUT2D eigenvalue weighted by molar-refractivity contribution is 0.363. The average molecular weight is 110 g/mol. The molecule has 0 aromatic heterocycles. The summed E-state index contributed by atoms with van der Waals surface area (Å²) >= 11 is 0. The summed E-state index contributed by atoms with van der Waals surface area (Å²) in [5.74, 6) is 0. The lowest BCUT2D eigenvalue weighted by atomic mass is 10.2. The van der Waals surface area contributed by atoms with Gasteiger partial charge in [-0.05, 0) is 26.4 Å². The Balaban J connectivity index is 2.45. The smallest absolute Gasteiger partial charge is 0.0975 e. The minimum Gasteiger partial charge on any atom is -0.291 e. The molecule has 1 fully saturated rings. The third kappa shape index (κ3) is 0.823. The SMILES string of the molecule is CN1CCC[C@@H]1C#N. The zero-order valence-corrected chi connectivity index (χ0v) is 5.09. The normalized spacial score (nSPS) is 30.2. The van der Waals surface area contributed by atoms with Crippen LogP contribution in [0.4, 0.5) is 0 Å². The van der Waals surface area contributed by atoms with Crippen LogP contribution >= 0.6 is 0 Å². The van der Waals surface area contributed by atoms with E-state index in [9.17, 15) is 0 Å². The molecule has 1 heterocycles. The van der Waals surface area contributed by atoms with E-state index in [1.54, 1.807) is 0 Å². The molecule has 1 aliphatic heterocycles. The highest BCUT2D eigenvalue weighted by Crippen LogP contribution is 2.12. The van der Waals surface area contributed by atoms with Gasteiger partial charge in [0.05, 0.1) is 12.1 Å². The number of nitrogens with zero attached hydrogens (tertiary/aromatic N) is 2. The molecule has 0 bridgehead atoms. The van der Waals surface area contributed by atoms with Crippen molar-refractivity contribution in [1.82, 2.24) is 4.90 Å². The van der Waals surface area contributed by atoms with E-state index in [4.69, 9.17) is 5.26 Å². The van der Waals surface area contributed by atoms with Gasteiger partial charge in [-0.25, -0.2) is 0 Å². The second kappa shape index (κ2) is 2.15. The van der Waals surface area contributed by atoms with Crippen molar-refractivity contribution < 1.29 is 0 Å². The maximum Gasteiger partial charge on any atom is 0.0975 e.